The third kappa shape index (κ3) is 4.55. The minimum Gasteiger partial charge on any atom is -0.462 e. The number of nitrogens with one attached hydrogen (secondary N) is 1. The molecule has 0 aliphatic carbocycles. The molecule has 0 saturated carbocycles. The van der Waals surface area contributed by atoms with E-state index < -0.39 is 30.3 Å². The first-order valence-electron chi connectivity index (χ1n) is 7.72. The highest BCUT2D eigenvalue weighted by Crippen LogP contribution is 2.33. The second-order valence-corrected chi connectivity index (χ2v) is 6.61. The van der Waals surface area contributed by atoms with Crippen LogP contribution in [0, 0.1) is 5.82 Å². The number of hydrogen-bond acceptors (Lipinski definition) is 7. The molecule has 0 spiro atoms. The Morgan fingerprint density at radius 1 is 1.26 bits per heavy atom. The summed E-state index contributed by atoms with van der Waals surface area (Å²) in [7, 11) is 1.41. The van der Waals surface area contributed by atoms with E-state index in [1.165, 1.54) is 13.1 Å². The van der Waals surface area contributed by atoms with E-state index in [2.05, 4.69) is 5.32 Å². The normalized spacial score (nSPS) is 10.4. The van der Waals surface area contributed by atoms with Gasteiger partial charge in [0.15, 0.2) is 0 Å². The van der Waals surface area contributed by atoms with Gasteiger partial charge in [-0.05, 0) is 25.1 Å². The molecule has 1 heterocycles. The topological polar surface area (TPSA) is 108 Å². The van der Waals surface area contributed by atoms with Crippen LogP contribution >= 0.6 is 22.9 Å². The highest BCUT2D eigenvalue weighted by molar-refractivity contribution is 7.18. The first kappa shape index (κ1) is 20.7. The maximum atomic E-state index is 13.1. The van der Waals surface area contributed by atoms with E-state index in [1.807, 2.05) is 0 Å². The molecule has 0 saturated heterocycles. The Bertz CT molecular complexity index is 900. The van der Waals surface area contributed by atoms with Crippen molar-refractivity contribution in [2.45, 2.75) is 13.5 Å². The van der Waals surface area contributed by atoms with Gasteiger partial charge in [0.2, 0.25) is 0 Å². The van der Waals surface area contributed by atoms with E-state index in [9.17, 15) is 18.8 Å². The lowest BCUT2D eigenvalue weighted by Crippen LogP contribution is -2.20. The van der Waals surface area contributed by atoms with Gasteiger partial charge in [-0.25, -0.2) is 14.0 Å². The van der Waals surface area contributed by atoms with Gasteiger partial charge in [-0.3, -0.25) is 4.79 Å². The Labute approximate surface area is 163 Å². The number of carbonyl (C=O) groups is 3. The summed E-state index contributed by atoms with van der Waals surface area (Å²) in [5.41, 5.74) is 5.90. The molecule has 0 bridgehead atoms. The van der Waals surface area contributed by atoms with Crippen molar-refractivity contribution in [3.63, 3.8) is 0 Å². The summed E-state index contributed by atoms with van der Waals surface area (Å²) in [6.07, 6.45) is 0. The Morgan fingerprint density at radius 2 is 1.96 bits per heavy atom. The number of hydrogen-bond donors (Lipinski definition) is 2. The Balaban J connectivity index is 2.34. The van der Waals surface area contributed by atoms with Gasteiger partial charge in [-0.2, -0.15) is 0 Å². The molecule has 0 atom stereocenters. The van der Waals surface area contributed by atoms with Gasteiger partial charge >= 0.3 is 11.9 Å². The highest BCUT2D eigenvalue weighted by Gasteiger charge is 2.27. The van der Waals surface area contributed by atoms with Gasteiger partial charge in [0.1, 0.15) is 27.9 Å². The molecule has 2 aromatic rings. The number of amides is 1. The number of ether oxygens (including phenoxy) is 2. The summed E-state index contributed by atoms with van der Waals surface area (Å²) >= 11 is 6.72. The largest absolute Gasteiger partial charge is 0.462 e. The van der Waals surface area contributed by atoms with Crippen LogP contribution in [0.25, 0.3) is 0 Å². The van der Waals surface area contributed by atoms with Gasteiger partial charge < -0.3 is 20.5 Å². The standard InChI is InChI=1S/C17H16ClFN2O5S/c1-3-25-17(24)12-10(13(15(22)21-2)27-14(12)20)7-26-16(23)9-5-4-8(19)6-11(9)18/h4-6H,3,7,20H2,1-2H3,(H,21,22). The highest BCUT2D eigenvalue weighted by atomic mass is 35.5. The monoisotopic (exact) mass is 414 g/mol. The van der Waals surface area contributed by atoms with Crippen molar-refractivity contribution >= 4 is 45.8 Å². The van der Waals surface area contributed by atoms with Crippen molar-refractivity contribution in [2.24, 2.45) is 0 Å². The minimum atomic E-state index is -0.845. The number of rotatable bonds is 6. The van der Waals surface area contributed by atoms with Crippen molar-refractivity contribution in [1.29, 1.82) is 0 Å². The van der Waals surface area contributed by atoms with Gasteiger partial charge in [0.25, 0.3) is 5.91 Å². The molecule has 1 aromatic carbocycles. The smallest absolute Gasteiger partial charge is 0.341 e. The molecule has 1 aromatic heterocycles. The Hall–Kier alpha value is -2.65. The molecule has 1 amide bonds. The van der Waals surface area contributed by atoms with Crippen molar-refractivity contribution < 1.29 is 28.2 Å². The molecule has 0 aliphatic heterocycles. The van der Waals surface area contributed by atoms with Crippen LogP contribution < -0.4 is 11.1 Å². The maximum absolute atomic E-state index is 13.1. The maximum Gasteiger partial charge on any atom is 0.341 e. The molecular weight excluding hydrogens is 399 g/mol. The number of esters is 2. The van der Waals surface area contributed by atoms with Crippen LogP contribution in [0.4, 0.5) is 9.39 Å². The molecule has 3 N–H and O–H groups in total. The fourth-order valence-corrected chi connectivity index (χ4v) is 3.47. The zero-order valence-corrected chi connectivity index (χ0v) is 16.0. The molecule has 0 unspecified atom stereocenters. The van der Waals surface area contributed by atoms with Crippen LogP contribution in [-0.4, -0.2) is 31.5 Å². The average molecular weight is 415 g/mol. The Kier molecular flexibility index (Phi) is 6.75. The molecule has 7 nitrogen and oxygen atoms in total. The molecule has 0 fully saturated rings. The first-order chi connectivity index (χ1) is 12.8. The van der Waals surface area contributed by atoms with E-state index in [4.69, 9.17) is 26.8 Å². The number of anilines is 1. The third-order valence-corrected chi connectivity index (χ3v) is 4.82. The number of nitrogens with two attached hydrogens (primary N) is 1. The Morgan fingerprint density at radius 3 is 2.56 bits per heavy atom. The quantitative estimate of drug-likeness (QED) is 0.703. The second-order valence-electron chi connectivity index (χ2n) is 5.15. The molecule has 0 radical (unpaired) electrons. The van der Waals surface area contributed by atoms with Gasteiger partial charge in [0.05, 0.1) is 17.2 Å². The number of nitrogen functional groups attached to an aromatic ring is 1. The van der Waals surface area contributed by atoms with Crippen molar-refractivity contribution in [2.75, 3.05) is 19.4 Å². The summed E-state index contributed by atoms with van der Waals surface area (Å²) < 4.78 is 23.2. The number of carbonyl (C=O) groups excluding carboxylic acids is 3. The lowest BCUT2D eigenvalue weighted by molar-refractivity contribution is 0.0450. The molecular formula is C17H16ClFN2O5S. The van der Waals surface area contributed by atoms with E-state index in [1.54, 1.807) is 6.92 Å². The molecule has 144 valence electrons. The predicted octanol–water partition coefficient (Wildman–Crippen LogP) is 3.02. The van der Waals surface area contributed by atoms with Crippen LogP contribution in [-0.2, 0) is 16.1 Å². The van der Waals surface area contributed by atoms with Crippen LogP contribution in [0.15, 0.2) is 18.2 Å². The van der Waals surface area contributed by atoms with Crippen molar-refractivity contribution in [3.8, 4) is 0 Å². The summed E-state index contributed by atoms with van der Waals surface area (Å²) in [4.78, 5) is 36.6. The molecule has 27 heavy (non-hydrogen) atoms. The number of thiophene rings is 1. The van der Waals surface area contributed by atoms with Crippen LogP contribution in [0.2, 0.25) is 5.02 Å². The van der Waals surface area contributed by atoms with Gasteiger partial charge in [-0.1, -0.05) is 11.6 Å². The summed E-state index contributed by atoms with van der Waals surface area (Å²) in [5.74, 6) is -2.67. The summed E-state index contributed by atoms with van der Waals surface area (Å²) in [5, 5.41) is 2.37. The first-order valence-corrected chi connectivity index (χ1v) is 8.92. The van der Waals surface area contributed by atoms with Crippen LogP contribution in [0.5, 0.6) is 0 Å². The van der Waals surface area contributed by atoms with Gasteiger partial charge in [0, 0.05) is 12.6 Å². The van der Waals surface area contributed by atoms with Crippen LogP contribution in [0.1, 0.15) is 42.9 Å². The number of halogens is 2. The zero-order valence-electron chi connectivity index (χ0n) is 14.4. The molecule has 0 aliphatic rings. The average Bonchev–Trinajstić information content (AvgIpc) is 2.95. The SMILES string of the molecule is CCOC(=O)c1c(N)sc(C(=O)NC)c1COC(=O)c1ccc(F)cc1Cl. The van der Waals surface area contributed by atoms with E-state index in [-0.39, 0.29) is 38.2 Å². The predicted molar refractivity (Wildman–Crippen MR) is 98.6 cm³/mol. The fraction of sp³-hybridized carbons (Fsp3) is 0.235. The van der Waals surface area contributed by atoms with Crippen molar-refractivity contribution in [3.05, 3.63) is 50.6 Å². The van der Waals surface area contributed by atoms with E-state index in [0.717, 1.165) is 23.5 Å². The minimum absolute atomic E-state index is 0.0292. The molecule has 2 rings (SSSR count). The van der Waals surface area contributed by atoms with Gasteiger partial charge in [-0.15, -0.1) is 11.3 Å². The second kappa shape index (κ2) is 8.83. The summed E-state index contributed by atoms with van der Waals surface area (Å²) in [6, 6.07) is 3.21. The van der Waals surface area contributed by atoms with E-state index in [0.29, 0.717) is 0 Å². The van der Waals surface area contributed by atoms with E-state index >= 15 is 0 Å². The fourth-order valence-electron chi connectivity index (χ4n) is 2.22. The summed E-state index contributed by atoms with van der Waals surface area (Å²) in [6.45, 7) is 1.31. The zero-order chi connectivity index (χ0) is 20.1. The molecule has 10 heteroatoms. The number of benzene rings is 1. The lowest BCUT2D eigenvalue weighted by Gasteiger charge is -2.09. The van der Waals surface area contributed by atoms with Crippen molar-refractivity contribution in [1.82, 2.24) is 5.32 Å². The lowest BCUT2D eigenvalue weighted by atomic mass is 10.1. The van der Waals surface area contributed by atoms with Crippen LogP contribution in [0.3, 0.4) is 0 Å². The third-order valence-electron chi connectivity index (χ3n) is 3.45.